The van der Waals surface area contributed by atoms with E-state index >= 15 is 0 Å². The van der Waals surface area contributed by atoms with Gasteiger partial charge in [0.1, 0.15) is 18.0 Å². The van der Waals surface area contributed by atoms with Crippen LogP contribution in [0.2, 0.25) is 0 Å². The van der Waals surface area contributed by atoms with E-state index in [4.69, 9.17) is 4.74 Å². The standard InChI is InChI=1S/C22H20N6O4/c1-26-20-19(21(30)27(2)22(26)31)28(14-23-20)13-18(29)25-24-12-15-7-6-10-17(11-15)32-16-8-4-3-5-9-16/h3-12,14H,13H2,1-2H3,(H,25,29)/b24-12-. The molecule has 4 aromatic rings. The van der Waals surface area contributed by atoms with Gasteiger partial charge in [0.15, 0.2) is 11.2 Å². The molecule has 0 atom stereocenters. The monoisotopic (exact) mass is 432 g/mol. The molecule has 0 unspecified atom stereocenters. The molecular weight excluding hydrogens is 412 g/mol. The third-order valence-corrected chi connectivity index (χ3v) is 4.77. The summed E-state index contributed by atoms with van der Waals surface area (Å²) in [7, 11) is 2.89. The van der Waals surface area contributed by atoms with Crippen LogP contribution in [0.15, 0.2) is 75.6 Å². The number of carbonyl (C=O) groups is 1. The molecule has 10 nitrogen and oxygen atoms in total. The molecule has 0 saturated carbocycles. The van der Waals surface area contributed by atoms with Gasteiger partial charge in [0.25, 0.3) is 11.5 Å². The number of imidazole rings is 1. The van der Waals surface area contributed by atoms with Gasteiger partial charge in [0.05, 0.1) is 12.5 Å². The number of hydrogen-bond acceptors (Lipinski definition) is 6. The molecule has 0 aliphatic heterocycles. The molecule has 0 aliphatic rings. The molecule has 1 N–H and O–H groups in total. The largest absolute Gasteiger partial charge is 0.457 e. The first-order valence-electron chi connectivity index (χ1n) is 9.70. The summed E-state index contributed by atoms with van der Waals surface area (Å²) in [6.07, 6.45) is 2.84. The summed E-state index contributed by atoms with van der Waals surface area (Å²) in [4.78, 5) is 40.9. The number of para-hydroxylation sites is 1. The van der Waals surface area contributed by atoms with Crippen molar-refractivity contribution in [1.29, 1.82) is 0 Å². The number of nitrogens with one attached hydrogen (secondary N) is 1. The van der Waals surface area contributed by atoms with E-state index < -0.39 is 17.2 Å². The molecule has 0 radical (unpaired) electrons. The van der Waals surface area contributed by atoms with Crippen LogP contribution in [0.1, 0.15) is 5.56 Å². The van der Waals surface area contributed by atoms with Crippen molar-refractivity contribution in [3.63, 3.8) is 0 Å². The lowest BCUT2D eigenvalue weighted by Crippen LogP contribution is -2.38. The van der Waals surface area contributed by atoms with Crippen molar-refractivity contribution in [2.75, 3.05) is 0 Å². The van der Waals surface area contributed by atoms with Gasteiger partial charge in [-0.25, -0.2) is 15.2 Å². The zero-order valence-electron chi connectivity index (χ0n) is 17.4. The molecule has 0 saturated heterocycles. The van der Waals surface area contributed by atoms with E-state index in [9.17, 15) is 14.4 Å². The van der Waals surface area contributed by atoms with E-state index in [1.54, 1.807) is 6.07 Å². The van der Waals surface area contributed by atoms with Crippen LogP contribution >= 0.6 is 0 Å². The highest BCUT2D eigenvalue weighted by Crippen LogP contribution is 2.21. The van der Waals surface area contributed by atoms with E-state index in [0.29, 0.717) is 11.5 Å². The summed E-state index contributed by atoms with van der Waals surface area (Å²) in [6, 6.07) is 16.6. The first-order chi connectivity index (χ1) is 15.4. The Labute approximate surface area is 182 Å². The average Bonchev–Trinajstić information content (AvgIpc) is 3.21. The van der Waals surface area contributed by atoms with Crippen molar-refractivity contribution in [2.24, 2.45) is 19.2 Å². The summed E-state index contributed by atoms with van der Waals surface area (Å²) >= 11 is 0. The smallest absolute Gasteiger partial charge is 0.332 e. The van der Waals surface area contributed by atoms with Crippen molar-refractivity contribution in [1.82, 2.24) is 24.1 Å². The van der Waals surface area contributed by atoms with Crippen molar-refractivity contribution in [3.05, 3.63) is 87.3 Å². The molecule has 32 heavy (non-hydrogen) atoms. The third-order valence-electron chi connectivity index (χ3n) is 4.77. The van der Waals surface area contributed by atoms with Crippen molar-refractivity contribution < 1.29 is 9.53 Å². The van der Waals surface area contributed by atoms with Gasteiger partial charge in [-0.2, -0.15) is 5.10 Å². The van der Waals surface area contributed by atoms with Crippen LogP contribution in [-0.2, 0) is 25.4 Å². The van der Waals surface area contributed by atoms with Gasteiger partial charge in [-0.15, -0.1) is 0 Å². The van der Waals surface area contributed by atoms with E-state index in [0.717, 1.165) is 10.1 Å². The minimum Gasteiger partial charge on any atom is -0.457 e. The molecule has 2 aromatic heterocycles. The van der Waals surface area contributed by atoms with E-state index in [1.165, 1.54) is 35.8 Å². The van der Waals surface area contributed by atoms with Gasteiger partial charge in [-0.3, -0.25) is 18.7 Å². The summed E-state index contributed by atoms with van der Waals surface area (Å²) in [5, 5.41) is 3.97. The second-order valence-electron chi connectivity index (χ2n) is 7.03. The highest BCUT2D eigenvalue weighted by atomic mass is 16.5. The van der Waals surface area contributed by atoms with Gasteiger partial charge < -0.3 is 9.30 Å². The van der Waals surface area contributed by atoms with Gasteiger partial charge in [-0.1, -0.05) is 30.3 Å². The van der Waals surface area contributed by atoms with Gasteiger partial charge in [-0.05, 0) is 29.8 Å². The second kappa shape index (κ2) is 8.72. The van der Waals surface area contributed by atoms with Crippen LogP contribution in [0.25, 0.3) is 11.2 Å². The lowest BCUT2D eigenvalue weighted by Gasteiger charge is -2.06. The molecule has 0 bridgehead atoms. The summed E-state index contributed by atoms with van der Waals surface area (Å²) in [6.45, 7) is -0.182. The van der Waals surface area contributed by atoms with E-state index in [1.807, 2.05) is 48.5 Å². The Bertz CT molecular complexity index is 1430. The number of ether oxygens (including phenoxy) is 1. The van der Waals surface area contributed by atoms with Gasteiger partial charge >= 0.3 is 5.69 Å². The average molecular weight is 432 g/mol. The fraction of sp³-hybridized carbons (Fsp3) is 0.136. The lowest BCUT2D eigenvalue weighted by molar-refractivity contribution is -0.121. The van der Waals surface area contributed by atoms with Gasteiger partial charge in [0.2, 0.25) is 0 Å². The predicted octanol–water partition coefficient (Wildman–Crippen LogP) is 1.38. The molecule has 0 spiro atoms. The maximum atomic E-state index is 12.4. The number of benzene rings is 2. The summed E-state index contributed by atoms with van der Waals surface area (Å²) < 4.78 is 9.40. The summed E-state index contributed by atoms with van der Waals surface area (Å²) in [5.41, 5.74) is 2.53. The maximum absolute atomic E-state index is 12.4. The van der Waals surface area contributed by atoms with Crippen LogP contribution in [0.5, 0.6) is 11.5 Å². The highest BCUT2D eigenvalue weighted by Gasteiger charge is 2.15. The first-order valence-corrected chi connectivity index (χ1v) is 9.70. The summed E-state index contributed by atoms with van der Waals surface area (Å²) in [5.74, 6) is 0.900. The van der Waals surface area contributed by atoms with Crippen molar-refractivity contribution in [2.45, 2.75) is 6.54 Å². The fourth-order valence-electron chi connectivity index (χ4n) is 3.17. The van der Waals surface area contributed by atoms with Crippen LogP contribution in [-0.4, -0.2) is 30.8 Å². The molecule has 0 aliphatic carbocycles. The van der Waals surface area contributed by atoms with Crippen LogP contribution < -0.4 is 21.4 Å². The Hall–Kier alpha value is -4.47. The second-order valence-corrected chi connectivity index (χ2v) is 7.03. The predicted molar refractivity (Wildman–Crippen MR) is 119 cm³/mol. The zero-order chi connectivity index (χ0) is 22.7. The first kappa shape index (κ1) is 20.8. The number of nitrogens with zero attached hydrogens (tertiary/aromatic N) is 5. The zero-order valence-corrected chi connectivity index (χ0v) is 17.4. The Morgan fingerprint density at radius 1 is 1.06 bits per heavy atom. The molecule has 10 heteroatoms. The molecule has 162 valence electrons. The van der Waals surface area contributed by atoms with Crippen LogP contribution in [0.3, 0.4) is 0 Å². The van der Waals surface area contributed by atoms with Crippen molar-refractivity contribution in [3.8, 4) is 11.5 Å². The van der Waals surface area contributed by atoms with Crippen LogP contribution in [0.4, 0.5) is 0 Å². The number of rotatable bonds is 6. The molecule has 2 aromatic carbocycles. The number of hydrogen-bond donors (Lipinski definition) is 1. The van der Waals surface area contributed by atoms with Gasteiger partial charge in [0, 0.05) is 14.1 Å². The minimum absolute atomic E-state index is 0.166. The number of aryl methyl sites for hydroxylation is 1. The normalized spacial score (nSPS) is 11.2. The topological polar surface area (TPSA) is 113 Å². The lowest BCUT2D eigenvalue weighted by atomic mass is 10.2. The molecule has 2 heterocycles. The Morgan fingerprint density at radius 3 is 2.59 bits per heavy atom. The van der Waals surface area contributed by atoms with E-state index in [-0.39, 0.29) is 17.7 Å². The van der Waals surface area contributed by atoms with E-state index in [2.05, 4.69) is 15.5 Å². The molecule has 0 fully saturated rings. The third kappa shape index (κ3) is 4.19. The Balaban J connectivity index is 1.44. The molecule has 1 amide bonds. The number of fused-ring (bicyclic) bond motifs is 1. The fourth-order valence-corrected chi connectivity index (χ4v) is 3.17. The Morgan fingerprint density at radius 2 is 1.81 bits per heavy atom. The Kier molecular flexibility index (Phi) is 5.67. The highest BCUT2D eigenvalue weighted by molar-refractivity contribution is 5.83. The number of aromatic nitrogens is 4. The van der Waals surface area contributed by atoms with Crippen LogP contribution in [0, 0.1) is 0 Å². The van der Waals surface area contributed by atoms with Crippen molar-refractivity contribution >= 4 is 23.3 Å². The minimum atomic E-state index is -0.521. The number of carbonyl (C=O) groups excluding carboxylic acids is 1. The SMILES string of the molecule is Cn1c(=O)c2c(ncn2CC(=O)N/N=C\c2cccc(Oc3ccccc3)c2)n(C)c1=O. The maximum Gasteiger partial charge on any atom is 0.332 e. The number of hydrazone groups is 1. The number of amides is 1. The molecular formula is C22H20N6O4. The quantitative estimate of drug-likeness (QED) is 0.365. The molecule has 4 rings (SSSR count).